The summed E-state index contributed by atoms with van der Waals surface area (Å²) < 4.78 is 10.7. The highest BCUT2D eigenvalue weighted by Gasteiger charge is 2.16. The lowest BCUT2D eigenvalue weighted by Crippen LogP contribution is -2.28. The molecule has 1 unspecified atom stereocenters. The van der Waals surface area contributed by atoms with Crippen LogP contribution in [-0.2, 0) is 19.1 Å². The Kier molecular flexibility index (Phi) is 66.0. The maximum absolute atomic E-state index is 12.4. The van der Waals surface area contributed by atoms with Gasteiger partial charge in [-0.1, -0.05) is 305 Å². The number of hydrogen-bond acceptors (Lipinski definition) is 5. The van der Waals surface area contributed by atoms with E-state index in [1.807, 2.05) is 0 Å². The Morgan fingerprint density at radius 3 is 0.732 bits per heavy atom. The summed E-state index contributed by atoms with van der Waals surface area (Å²) in [5, 5.41) is 9.69. The number of carbonyl (C=O) groups is 2. The Morgan fingerprint density at radius 2 is 0.488 bits per heavy atom. The SMILES string of the molecule is CC/C=C\C/C=C\C/C=C\C/C=C\C/C=C\C/C=C\C/C=C\C/C=C\CCCCCCCCC(=O)OC(CO)COC(=O)CCCCCCCCCCCCCCCCC/C=C\C/C=C\C/C=C\C/C=C\C/C=C\C/C=C\C/C=C\CC. The van der Waals surface area contributed by atoms with Gasteiger partial charge in [0, 0.05) is 12.8 Å². The zero-order valence-electron chi connectivity index (χ0n) is 52.7. The first-order chi connectivity index (χ1) is 40.6. The third-order valence-electron chi connectivity index (χ3n) is 13.7. The Morgan fingerprint density at radius 1 is 0.280 bits per heavy atom. The maximum atomic E-state index is 12.4. The van der Waals surface area contributed by atoms with Crippen LogP contribution >= 0.6 is 0 Å². The number of esters is 2. The predicted octanol–water partition coefficient (Wildman–Crippen LogP) is 23.4. The number of allylic oxidation sites excluding steroid dienone is 30. The molecule has 0 aromatic heterocycles. The van der Waals surface area contributed by atoms with Crippen molar-refractivity contribution >= 4 is 11.9 Å². The smallest absolute Gasteiger partial charge is 0.306 e. The van der Waals surface area contributed by atoms with Crippen LogP contribution < -0.4 is 0 Å². The minimum absolute atomic E-state index is 0.0821. The summed E-state index contributed by atoms with van der Waals surface area (Å²) in [7, 11) is 0. The molecule has 0 bridgehead atoms. The van der Waals surface area contributed by atoms with Gasteiger partial charge in [-0.05, 0) is 135 Å². The fourth-order valence-electron chi connectivity index (χ4n) is 8.79. The molecule has 0 fully saturated rings. The summed E-state index contributed by atoms with van der Waals surface area (Å²) in [5.74, 6) is -0.615. The molecule has 0 aromatic rings. The van der Waals surface area contributed by atoms with Crippen LogP contribution in [0.5, 0.6) is 0 Å². The summed E-state index contributed by atoms with van der Waals surface area (Å²) in [6, 6.07) is 0. The van der Waals surface area contributed by atoms with E-state index < -0.39 is 6.10 Å². The van der Waals surface area contributed by atoms with Crippen molar-refractivity contribution in [2.24, 2.45) is 0 Å². The molecule has 0 rings (SSSR count). The molecule has 460 valence electrons. The van der Waals surface area contributed by atoms with Crippen LogP contribution in [0.4, 0.5) is 0 Å². The van der Waals surface area contributed by atoms with Crippen molar-refractivity contribution in [2.75, 3.05) is 13.2 Å². The number of aliphatic hydroxyl groups excluding tert-OH is 1. The fourth-order valence-corrected chi connectivity index (χ4v) is 8.79. The van der Waals surface area contributed by atoms with Gasteiger partial charge in [0.15, 0.2) is 6.10 Å². The van der Waals surface area contributed by atoms with E-state index in [-0.39, 0.29) is 25.2 Å². The van der Waals surface area contributed by atoms with E-state index in [1.165, 1.54) is 103 Å². The molecule has 0 amide bonds. The number of rotatable bonds is 59. The van der Waals surface area contributed by atoms with Gasteiger partial charge in [-0.15, -0.1) is 0 Å². The van der Waals surface area contributed by atoms with Gasteiger partial charge >= 0.3 is 11.9 Å². The second-order valence-corrected chi connectivity index (χ2v) is 21.4. The van der Waals surface area contributed by atoms with Crippen LogP contribution in [0.2, 0.25) is 0 Å². The molecule has 0 aliphatic heterocycles. The quantitative estimate of drug-likeness (QED) is 0.0373. The first-order valence-electron chi connectivity index (χ1n) is 33.3. The summed E-state index contributed by atoms with van der Waals surface area (Å²) in [4.78, 5) is 24.6. The number of aliphatic hydroxyl groups is 1. The molecule has 1 N–H and O–H groups in total. The zero-order chi connectivity index (χ0) is 59.1. The summed E-state index contributed by atoms with van der Waals surface area (Å²) in [5.41, 5.74) is 0. The van der Waals surface area contributed by atoms with Gasteiger partial charge in [0.25, 0.3) is 0 Å². The molecule has 1 atom stereocenters. The lowest BCUT2D eigenvalue weighted by Gasteiger charge is -2.15. The van der Waals surface area contributed by atoms with Crippen molar-refractivity contribution in [1.29, 1.82) is 0 Å². The van der Waals surface area contributed by atoms with Gasteiger partial charge in [-0.3, -0.25) is 9.59 Å². The van der Waals surface area contributed by atoms with E-state index in [9.17, 15) is 14.7 Å². The second kappa shape index (κ2) is 70.3. The largest absolute Gasteiger partial charge is 0.462 e. The van der Waals surface area contributed by atoms with E-state index >= 15 is 0 Å². The first kappa shape index (κ1) is 77.0. The third-order valence-corrected chi connectivity index (χ3v) is 13.7. The van der Waals surface area contributed by atoms with E-state index in [0.717, 1.165) is 141 Å². The minimum Gasteiger partial charge on any atom is -0.462 e. The molecule has 5 nitrogen and oxygen atoms in total. The molecule has 0 aliphatic carbocycles. The van der Waals surface area contributed by atoms with Gasteiger partial charge in [0.2, 0.25) is 0 Å². The normalized spacial score (nSPS) is 13.5. The van der Waals surface area contributed by atoms with Crippen LogP contribution in [0.25, 0.3) is 0 Å². The van der Waals surface area contributed by atoms with Gasteiger partial charge in [0.05, 0.1) is 6.61 Å². The van der Waals surface area contributed by atoms with Crippen LogP contribution in [0.1, 0.15) is 271 Å². The average molecular weight is 1130 g/mol. The van der Waals surface area contributed by atoms with Gasteiger partial charge in [0.1, 0.15) is 6.61 Å². The van der Waals surface area contributed by atoms with E-state index in [2.05, 4.69) is 196 Å². The summed E-state index contributed by atoms with van der Waals surface area (Å²) >= 11 is 0. The molecule has 0 aliphatic rings. The first-order valence-corrected chi connectivity index (χ1v) is 33.3. The lowest BCUT2D eigenvalue weighted by atomic mass is 10.0. The molecule has 0 saturated heterocycles. The van der Waals surface area contributed by atoms with Crippen molar-refractivity contribution in [2.45, 2.75) is 277 Å². The molecule has 0 saturated carbocycles. The Bertz CT molecular complexity index is 1850. The Hall–Kier alpha value is -5.00. The highest BCUT2D eigenvalue weighted by Crippen LogP contribution is 2.16. The topological polar surface area (TPSA) is 72.8 Å². The van der Waals surface area contributed by atoms with Crippen LogP contribution in [0.3, 0.4) is 0 Å². The molecule has 0 heterocycles. The van der Waals surface area contributed by atoms with Crippen molar-refractivity contribution < 1.29 is 24.2 Å². The van der Waals surface area contributed by atoms with Crippen LogP contribution in [0, 0.1) is 0 Å². The third kappa shape index (κ3) is 67.5. The van der Waals surface area contributed by atoms with Crippen LogP contribution in [0.15, 0.2) is 182 Å². The molecule has 0 radical (unpaired) electrons. The fraction of sp³-hybridized carbons (Fsp3) is 0.584. The molecule has 0 aromatic carbocycles. The Labute approximate surface area is 505 Å². The van der Waals surface area contributed by atoms with E-state index in [1.54, 1.807) is 0 Å². The highest BCUT2D eigenvalue weighted by molar-refractivity contribution is 5.70. The molecular formula is C77H122O5. The van der Waals surface area contributed by atoms with E-state index in [4.69, 9.17) is 9.47 Å². The lowest BCUT2D eigenvalue weighted by molar-refractivity contribution is -0.161. The van der Waals surface area contributed by atoms with E-state index in [0.29, 0.717) is 12.8 Å². The number of ether oxygens (including phenoxy) is 2. The highest BCUT2D eigenvalue weighted by atomic mass is 16.6. The average Bonchev–Trinajstić information content (AvgIpc) is 3.49. The monoisotopic (exact) mass is 1130 g/mol. The van der Waals surface area contributed by atoms with Crippen LogP contribution in [-0.4, -0.2) is 36.4 Å². The molecule has 5 heteroatoms. The maximum Gasteiger partial charge on any atom is 0.306 e. The van der Waals surface area contributed by atoms with Crippen molar-refractivity contribution in [1.82, 2.24) is 0 Å². The van der Waals surface area contributed by atoms with Gasteiger partial charge in [-0.25, -0.2) is 0 Å². The molecular weight excluding hydrogens is 1000 g/mol. The van der Waals surface area contributed by atoms with Crippen molar-refractivity contribution in [3.63, 3.8) is 0 Å². The number of hydrogen-bond donors (Lipinski definition) is 1. The Balaban J connectivity index is 3.57. The molecule has 0 spiro atoms. The van der Waals surface area contributed by atoms with Crippen molar-refractivity contribution in [3.05, 3.63) is 182 Å². The minimum atomic E-state index is -0.795. The van der Waals surface area contributed by atoms with Crippen molar-refractivity contribution in [3.8, 4) is 0 Å². The van der Waals surface area contributed by atoms with Gasteiger partial charge < -0.3 is 14.6 Å². The molecule has 82 heavy (non-hydrogen) atoms. The number of carbonyl (C=O) groups excluding carboxylic acids is 2. The predicted molar refractivity (Wildman–Crippen MR) is 361 cm³/mol. The number of unbranched alkanes of at least 4 members (excludes halogenated alkanes) is 21. The summed E-state index contributed by atoms with van der Waals surface area (Å²) in [6.07, 6.45) is 110. The zero-order valence-corrected chi connectivity index (χ0v) is 52.7. The standard InChI is InChI=1S/C77H122O5/c1-3-5-7-9-11-13-15-17-19-21-23-25-27-29-31-33-35-36-37-38-39-40-42-43-45-47-49-51-53-55-57-59-61-63-65-67-69-71-76(79)81-74-75(73-78)82-77(80)72-70-68-66-64-62-60-58-56-54-52-50-48-46-44-41-34-32-30-28-26-24-22-20-18-16-14-12-10-8-6-4-2/h5-8,11-14,17-20,23-26,29-32,35-36,38-39,41,44,48,50,54,56,75,78H,3-4,9-10,15-16,21-22,27-28,33-34,37,40,42-43,45-47,49,51-53,55,57-74H2,1-2H3/b7-5-,8-6-,13-11-,14-12-,19-17-,20-18-,25-23-,26-24-,31-29-,32-30-,36-35-,39-38-,44-41-,50-48-,56-54-. The van der Waals surface area contributed by atoms with Gasteiger partial charge in [-0.2, -0.15) is 0 Å². The summed E-state index contributed by atoms with van der Waals surface area (Å²) in [6.45, 7) is 3.90. The second-order valence-electron chi connectivity index (χ2n) is 21.4.